The SMILES string of the molecule is CSCC1CC(=O)CN1. The molecule has 1 N–H and O–H groups in total. The zero-order valence-electron chi connectivity index (χ0n) is 5.52. The highest BCUT2D eigenvalue weighted by atomic mass is 32.2. The Kier molecular flexibility index (Phi) is 2.54. The molecule has 1 fully saturated rings. The van der Waals surface area contributed by atoms with Gasteiger partial charge in [-0.25, -0.2) is 0 Å². The number of Topliss-reactive ketones (excluding diaryl/α,β-unsaturated/α-hetero) is 1. The van der Waals surface area contributed by atoms with E-state index in [2.05, 4.69) is 11.6 Å². The Balaban J connectivity index is 2.22. The molecule has 0 amide bonds. The summed E-state index contributed by atoms with van der Waals surface area (Å²) < 4.78 is 0. The van der Waals surface area contributed by atoms with E-state index in [9.17, 15) is 4.79 Å². The molecule has 9 heavy (non-hydrogen) atoms. The number of hydrogen-bond donors (Lipinski definition) is 1. The van der Waals surface area contributed by atoms with Crippen LogP contribution >= 0.6 is 11.8 Å². The predicted molar refractivity (Wildman–Crippen MR) is 39.8 cm³/mol. The molecule has 0 saturated carbocycles. The molecule has 2 nitrogen and oxygen atoms in total. The van der Waals surface area contributed by atoms with Gasteiger partial charge in [-0.2, -0.15) is 11.8 Å². The van der Waals surface area contributed by atoms with Crippen LogP contribution in [0.4, 0.5) is 0 Å². The summed E-state index contributed by atoms with van der Waals surface area (Å²) >= 11 is 1.79. The van der Waals surface area contributed by atoms with Crippen LogP contribution < -0.4 is 5.32 Å². The number of rotatable bonds is 2. The van der Waals surface area contributed by atoms with Crippen molar-refractivity contribution in [3.8, 4) is 0 Å². The summed E-state index contributed by atoms with van der Waals surface area (Å²) in [6, 6.07) is 0.451. The van der Waals surface area contributed by atoms with Gasteiger partial charge in [-0.3, -0.25) is 4.79 Å². The molecule has 0 spiro atoms. The summed E-state index contributed by atoms with van der Waals surface area (Å²) in [5.74, 6) is 1.42. The topological polar surface area (TPSA) is 29.1 Å². The van der Waals surface area contributed by atoms with Crippen LogP contribution in [-0.2, 0) is 4.79 Å². The van der Waals surface area contributed by atoms with Crippen molar-refractivity contribution in [2.45, 2.75) is 12.5 Å². The van der Waals surface area contributed by atoms with Crippen LogP contribution in [0.5, 0.6) is 0 Å². The Bertz CT molecular complexity index is 116. The molecule has 1 rings (SSSR count). The third-order valence-corrected chi connectivity index (χ3v) is 2.17. The lowest BCUT2D eigenvalue weighted by Crippen LogP contribution is -2.23. The van der Waals surface area contributed by atoms with Crippen molar-refractivity contribution in [2.24, 2.45) is 0 Å². The zero-order valence-corrected chi connectivity index (χ0v) is 6.33. The molecule has 0 bridgehead atoms. The fourth-order valence-electron chi connectivity index (χ4n) is 0.996. The second kappa shape index (κ2) is 3.22. The van der Waals surface area contributed by atoms with E-state index in [1.807, 2.05) is 0 Å². The molecule has 1 heterocycles. The molecule has 0 radical (unpaired) electrons. The third-order valence-electron chi connectivity index (χ3n) is 1.43. The molecule has 0 aromatic carbocycles. The van der Waals surface area contributed by atoms with E-state index in [4.69, 9.17) is 0 Å². The third kappa shape index (κ3) is 1.99. The highest BCUT2D eigenvalue weighted by molar-refractivity contribution is 7.98. The molecule has 1 aliphatic rings. The standard InChI is InChI=1S/C6H11NOS/c1-9-4-5-2-6(8)3-7-5/h5,7H,2-4H2,1H3. The first-order valence-corrected chi connectivity index (χ1v) is 4.46. The molecule has 1 aliphatic heterocycles. The van der Waals surface area contributed by atoms with Gasteiger partial charge in [-0.15, -0.1) is 0 Å². The molecule has 1 atom stereocenters. The summed E-state index contributed by atoms with van der Waals surface area (Å²) in [4.78, 5) is 10.7. The maximum absolute atomic E-state index is 10.7. The van der Waals surface area contributed by atoms with Crippen LogP contribution in [0.25, 0.3) is 0 Å². The Labute approximate surface area is 59.4 Å². The van der Waals surface area contributed by atoms with Gasteiger partial charge in [0.2, 0.25) is 0 Å². The Hall–Kier alpha value is -0.0200. The highest BCUT2D eigenvalue weighted by Gasteiger charge is 2.19. The van der Waals surface area contributed by atoms with Gasteiger partial charge in [0.1, 0.15) is 5.78 Å². The number of ketones is 1. The van der Waals surface area contributed by atoms with Crippen LogP contribution in [0.15, 0.2) is 0 Å². The summed E-state index contributed by atoms with van der Waals surface area (Å²) in [5, 5.41) is 3.14. The average molecular weight is 145 g/mol. The van der Waals surface area contributed by atoms with E-state index >= 15 is 0 Å². The fourth-order valence-corrected chi connectivity index (χ4v) is 1.63. The van der Waals surface area contributed by atoms with E-state index in [-0.39, 0.29) is 0 Å². The van der Waals surface area contributed by atoms with Crippen molar-refractivity contribution < 1.29 is 4.79 Å². The summed E-state index contributed by atoms with van der Waals surface area (Å²) in [7, 11) is 0. The number of carbonyl (C=O) groups excluding carboxylic acids is 1. The second-order valence-corrected chi connectivity index (χ2v) is 3.19. The number of hydrogen-bond acceptors (Lipinski definition) is 3. The first kappa shape index (κ1) is 7.09. The largest absolute Gasteiger partial charge is 0.306 e. The molecule has 1 saturated heterocycles. The van der Waals surface area contributed by atoms with Crippen LogP contribution in [0, 0.1) is 0 Å². The van der Waals surface area contributed by atoms with Gasteiger partial charge in [-0.05, 0) is 6.26 Å². The summed E-state index contributed by atoms with van der Waals surface area (Å²) in [6.07, 6.45) is 2.80. The molecule has 52 valence electrons. The van der Waals surface area contributed by atoms with Crippen molar-refractivity contribution in [2.75, 3.05) is 18.6 Å². The van der Waals surface area contributed by atoms with E-state index < -0.39 is 0 Å². The molecule has 0 aromatic rings. The van der Waals surface area contributed by atoms with Gasteiger partial charge in [-0.1, -0.05) is 0 Å². The summed E-state index contributed by atoms with van der Waals surface area (Å²) in [5.41, 5.74) is 0. The second-order valence-electron chi connectivity index (χ2n) is 2.28. The fraction of sp³-hybridized carbons (Fsp3) is 0.833. The highest BCUT2D eigenvalue weighted by Crippen LogP contribution is 2.06. The lowest BCUT2D eigenvalue weighted by Gasteiger charge is -2.03. The first-order chi connectivity index (χ1) is 4.33. The van der Waals surface area contributed by atoms with Gasteiger partial charge in [0.25, 0.3) is 0 Å². The Morgan fingerprint density at radius 2 is 2.67 bits per heavy atom. The smallest absolute Gasteiger partial charge is 0.148 e. The van der Waals surface area contributed by atoms with Crippen molar-refractivity contribution in [3.63, 3.8) is 0 Å². The lowest BCUT2D eigenvalue weighted by atomic mass is 10.2. The normalized spacial score (nSPS) is 27.2. The molecular weight excluding hydrogens is 134 g/mol. The van der Waals surface area contributed by atoms with Gasteiger partial charge in [0, 0.05) is 18.2 Å². The Morgan fingerprint density at radius 1 is 1.89 bits per heavy atom. The van der Waals surface area contributed by atoms with Crippen LogP contribution in [-0.4, -0.2) is 30.4 Å². The van der Waals surface area contributed by atoms with Gasteiger partial charge in [0.05, 0.1) is 6.54 Å². The van der Waals surface area contributed by atoms with E-state index in [0.717, 1.165) is 12.2 Å². The predicted octanol–water partition coefficient (Wildman–Crippen LogP) is 0.280. The van der Waals surface area contributed by atoms with Crippen LogP contribution in [0.3, 0.4) is 0 Å². The van der Waals surface area contributed by atoms with Crippen molar-refractivity contribution in [1.82, 2.24) is 5.32 Å². The van der Waals surface area contributed by atoms with Crippen LogP contribution in [0.1, 0.15) is 6.42 Å². The molecule has 3 heteroatoms. The monoisotopic (exact) mass is 145 g/mol. The maximum atomic E-state index is 10.7. The molecule has 0 aromatic heterocycles. The van der Waals surface area contributed by atoms with Crippen molar-refractivity contribution in [1.29, 1.82) is 0 Å². The Morgan fingerprint density at radius 3 is 3.11 bits per heavy atom. The lowest BCUT2D eigenvalue weighted by molar-refractivity contribution is -0.116. The number of thioether (sulfide) groups is 1. The average Bonchev–Trinajstić information content (AvgIpc) is 2.17. The van der Waals surface area contributed by atoms with E-state index in [1.54, 1.807) is 11.8 Å². The van der Waals surface area contributed by atoms with Gasteiger partial charge >= 0.3 is 0 Å². The van der Waals surface area contributed by atoms with Crippen molar-refractivity contribution in [3.05, 3.63) is 0 Å². The van der Waals surface area contributed by atoms with Gasteiger partial charge in [0.15, 0.2) is 0 Å². The molecule has 0 aliphatic carbocycles. The number of nitrogens with one attached hydrogen (secondary N) is 1. The van der Waals surface area contributed by atoms with Crippen LogP contribution in [0.2, 0.25) is 0 Å². The van der Waals surface area contributed by atoms with E-state index in [1.165, 1.54) is 0 Å². The van der Waals surface area contributed by atoms with Crippen molar-refractivity contribution >= 4 is 17.5 Å². The minimum absolute atomic E-state index is 0.356. The molecule has 1 unspecified atom stereocenters. The minimum atomic E-state index is 0.356. The maximum Gasteiger partial charge on any atom is 0.148 e. The van der Waals surface area contributed by atoms with Gasteiger partial charge < -0.3 is 5.32 Å². The minimum Gasteiger partial charge on any atom is -0.306 e. The van der Waals surface area contributed by atoms with E-state index in [0.29, 0.717) is 18.4 Å². The summed E-state index contributed by atoms with van der Waals surface area (Å²) in [6.45, 7) is 0.589. The molecular formula is C6H11NOS. The number of carbonyl (C=O) groups is 1. The first-order valence-electron chi connectivity index (χ1n) is 3.07. The quantitative estimate of drug-likeness (QED) is 0.605. The zero-order chi connectivity index (χ0) is 6.69.